The molecule has 3 atom stereocenters. The molecule has 1 aromatic rings. The highest BCUT2D eigenvalue weighted by atomic mass is 35.5. The van der Waals surface area contributed by atoms with Crippen molar-refractivity contribution in [3.63, 3.8) is 0 Å². The highest BCUT2D eigenvalue weighted by Crippen LogP contribution is 2.29. The second-order valence-corrected chi connectivity index (χ2v) is 7.19. The van der Waals surface area contributed by atoms with Crippen LogP contribution in [0.4, 0.5) is 0 Å². The number of rotatable bonds is 5. The van der Waals surface area contributed by atoms with Gasteiger partial charge in [0.2, 0.25) is 0 Å². The third-order valence-corrected chi connectivity index (χ3v) is 5.22. The lowest BCUT2D eigenvalue weighted by Crippen LogP contribution is -2.51. The number of hydrogen-bond acceptors (Lipinski definition) is 3. The van der Waals surface area contributed by atoms with Gasteiger partial charge >= 0.3 is 0 Å². The summed E-state index contributed by atoms with van der Waals surface area (Å²) in [5, 5.41) is 8.77. The van der Waals surface area contributed by atoms with Crippen molar-refractivity contribution in [1.82, 2.24) is 10.6 Å². The molecule has 2 N–H and O–H groups in total. The average Bonchev–Trinajstić information content (AvgIpc) is 2.96. The molecule has 2 fully saturated rings. The lowest BCUT2D eigenvalue weighted by Gasteiger charge is -2.33. The molecule has 3 rings (SSSR count). The molecule has 1 saturated carbocycles. The summed E-state index contributed by atoms with van der Waals surface area (Å²) in [5.74, 6) is 0.684. The van der Waals surface area contributed by atoms with Gasteiger partial charge in [-0.05, 0) is 55.5 Å². The second kappa shape index (κ2) is 9.45. The van der Waals surface area contributed by atoms with E-state index in [1.54, 1.807) is 6.07 Å². The van der Waals surface area contributed by atoms with Crippen LogP contribution in [0.2, 0.25) is 10.0 Å². The molecule has 1 aromatic carbocycles. The van der Waals surface area contributed by atoms with Gasteiger partial charge in [0, 0.05) is 28.7 Å². The predicted molar refractivity (Wildman–Crippen MR) is 99.2 cm³/mol. The molecule has 1 heterocycles. The predicted octanol–water partition coefficient (Wildman–Crippen LogP) is 3.70. The fourth-order valence-electron chi connectivity index (χ4n) is 3.74. The molecule has 1 aliphatic heterocycles. The van der Waals surface area contributed by atoms with E-state index in [-0.39, 0.29) is 12.4 Å². The molecular weight excluding hydrogens is 355 g/mol. The van der Waals surface area contributed by atoms with Crippen molar-refractivity contribution in [2.24, 2.45) is 5.92 Å². The normalized spacial score (nSPS) is 27.7. The van der Waals surface area contributed by atoms with Crippen molar-refractivity contribution in [3.8, 4) is 0 Å². The van der Waals surface area contributed by atoms with Crippen LogP contribution in [0.5, 0.6) is 0 Å². The summed E-state index contributed by atoms with van der Waals surface area (Å²) in [5.41, 5.74) is 1.19. The Hall–Kier alpha value is -0.0300. The molecule has 0 spiro atoms. The molecule has 1 saturated heterocycles. The van der Waals surface area contributed by atoms with E-state index in [4.69, 9.17) is 27.9 Å². The third kappa shape index (κ3) is 5.48. The van der Waals surface area contributed by atoms with E-state index in [1.165, 1.54) is 24.8 Å². The molecule has 0 amide bonds. The zero-order valence-corrected chi connectivity index (χ0v) is 15.5. The summed E-state index contributed by atoms with van der Waals surface area (Å²) < 4.78 is 5.62. The minimum Gasteiger partial charge on any atom is -0.379 e. The van der Waals surface area contributed by atoms with E-state index in [2.05, 4.69) is 10.6 Å². The minimum atomic E-state index is 0. The maximum Gasteiger partial charge on any atom is 0.0623 e. The topological polar surface area (TPSA) is 33.3 Å². The standard InChI is InChI=1S/C17H24Cl2N2O.ClH/c18-13-8-12(9-14(19)10-13)4-5-20-16-3-1-2-15(16)17-11-22-7-6-21-17;/h8-10,15-17,20-21H,1-7,11H2;1H. The largest absolute Gasteiger partial charge is 0.379 e. The fourth-order valence-corrected chi connectivity index (χ4v) is 4.31. The van der Waals surface area contributed by atoms with Crippen molar-refractivity contribution in [3.05, 3.63) is 33.8 Å². The van der Waals surface area contributed by atoms with Gasteiger partial charge in [0.25, 0.3) is 0 Å². The van der Waals surface area contributed by atoms with Gasteiger partial charge in [-0.2, -0.15) is 0 Å². The Balaban J connectivity index is 0.00000192. The van der Waals surface area contributed by atoms with E-state index in [0.29, 0.717) is 28.0 Å². The van der Waals surface area contributed by atoms with Gasteiger partial charge in [0.05, 0.1) is 13.2 Å². The number of halogens is 3. The Bertz CT molecular complexity index is 474. The maximum absolute atomic E-state index is 6.05. The molecule has 0 aromatic heterocycles. The zero-order chi connectivity index (χ0) is 15.4. The number of nitrogens with one attached hydrogen (secondary N) is 2. The van der Waals surface area contributed by atoms with Gasteiger partial charge in [-0.25, -0.2) is 0 Å². The van der Waals surface area contributed by atoms with Crippen LogP contribution in [-0.2, 0) is 11.2 Å². The van der Waals surface area contributed by atoms with Crippen molar-refractivity contribution in [1.29, 1.82) is 0 Å². The van der Waals surface area contributed by atoms with Crippen LogP contribution in [0.15, 0.2) is 18.2 Å². The molecule has 3 unspecified atom stereocenters. The van der Waals surface area contributed by atoms with Crippen LogP contribution in [0.3, 0.4) is 0 Å². The third-order valence-electron chi connectivity index (χ3n) is 4.78. The second-order valence-electron chi connectivity index (χ2n) is 6.32. The van der Waals surface area contributed by atoms with E-state index in [1.807, 2.05) is 12.1 Å². The van der Waals surface area contributed by atoms with Crippen molar-refractivity contribution < 1.29 is 4.74 Å². The molecule has 1 aliphatic carbocycles. The Morgan fingerprint density at radius 2 is 1.96 bits per heavy atom. The first-order chi connectivity index (χ1) is 10.7. The SMILES string of the molecule is Cl.Clc1cc(Cl)cc(CCNC2CCCC2C2COCCN2)c1. The molecule has 0 radical (unpaired) electrons. The smallest absolute Gasteiger partial charge is 0.0623 e. The Kier molecular flexibility index (Phi) is 7.93. The molecule has 0 bridgehead atoms. The molecular formula is C17H25Cl3N2O. The number of hydrogen-bond donors (Lipinski definition) is 2. The first kappa shape index (κ1) is 19.3. The van der Waals surface area contributed by atoms with Crippen LogP contribution in [0.1, 0.15) is 24.8 Å². The van der Waals surface area contributed by atoms with E-state index in [0.717, 1.165) is 32.7 Å². The van der Waals surface area contributed by atoms with Gasteiger partial charge in [-0.15, -0.1) is 12.4 Å². The Morgan fingerprint density at radius 3 is 2.65 bits per heavy atom. The summed E-state index contributed by atoms with van der Waals surface area (Å²) in [6.45, 7) is 3.64. The molecule has 3 nitrogen and oxygen atoms in total. The minimum absolute atomic E-state index is 0. The van der Waals surface area contributed by atoms with Crippen LogP contribution in [0, 0.1) is 5.92 Å². The van der Waals surface area contributed by atoms with E-state index >= 15 is 0 Å². The highest BCUT2D eigenvalue weighted by Gasteiger charge is 2.34. The van der Waals surface area contributed by atoms with Crippen LogP contribution in [-0.4, -0.2) is 38.4 Å². The Labute approximate surface area is 154 Å². The summed E-state index contributed by atoms with van der Waals surface area (Å²) >= 11 is 12.1. The van der Waals surface area contributed by atoms with Gasteiger partial charge in [-0.3, -0.25) is 0 Å². The average molecular weight is 380 g/mol. The quantitative estimate of drug-likeness (QED) is 0.818. The van der Waals surface area contributed by atoms with Gasteiger partial charge in [0.15, 0.2) is 0 Å². The van der Waals surface area contributed by atoms with Gasteiger partial charge in [-0.1, -0.05) is 29.6 Å². The van der Waals surface area contributed by atoms with Crippen LogP contribution >= 0.6 is 35.6 Å². The Morgan fingerprint density at radius 1 is 1.17 bits per heavy atom. The molecule has 130 valence electrons. The zero-order valence-electron chi connectivity index (χ0n) is 13.2. The number of morpholine rings is 1. The molecule has 6 heteroatoms. The number of benzene rings is 1. The molecule has 23 heavy (non-hydrogen) atoms. The first-order valence-corrected chi connectivity index (χ1v) is 8.97. The monoisotopic (exact) mass is 378 g/mol. The van der Waals surface area contributed by atoms with Gasteiger partial charge in [0.1, 0.15) is 0 Å². The lowest BCUT2D eigenvalue weighted by atomic mass is 9.94. The fraction of sp³-hybridized carbons (Fsp3) is 0.647. The van der Waals surface area contributed by atoms with Crippen LogP contribution < -0.4 is 10.6 Å². The summed E-state index contributed by atoms with van der Waals surface area (Å²) in [7, 11) is 0. The lowest BCUT2D eigenvalue weighted by molar-refractivity contribution is 0.0526. The first-order valence-electron chi connectivity index (χ1n) is 8.22. The summed E-state index contributed by atoms with van der Waals surface area (Å²) in [6.07, 6.45) is 4.82. The van der Waals surface area contributed by atoms with Crippen LogP contribution in [0.25, 0.3) is 0 Å². The summed E-state index contributed by atoms with van der Waals surface area (Å²) in [4.78, 5) is 0. The highest BCUT2D eigenvalue weighted by molar-refractivity contribution is 6.34. The number of ether oxygens (including phenoxy) is 1. The van der Waals surface area contributed by atoms with Crippen molar-refractivity contribution in [2.75, 3.05) is 26.3 Å². The maximum atomic E-state index is 6.05. The summed E-state index contributed by atoms with van der Waals surface area (Å²) in [6, 6.07) is 6.88. The molecule has 2 aliphatic rings. The van der Waals surface area contributed by atoms with Gasteiger partial charge < -0.3 is 15.4 Å². The van der Waals surface area contributed by atoms with Crippen molar-refractivity contribution >= 4 is 35.6 Å². The van der Waals surface area contributed by atoms with E-state index < -0.39 is 0 Å². The van der Waals surface area contributed by atoms with Crippen molar-refractivity contribution in [2.45, 2.75) is 37.8 Å². The van der Waals surface area contributed by atoms with E-state index in [9.17, 15) is 0 Å².